The molecule has 1 saturated heterocycles. The van der Waals surface area contributed by atoms with Crippen LogP contribution in [-0.2, 0) is 6.54 Å². The summed E-state index contributed by atoms with van der Waals surface area (Å²) in [6.45, 7) is 1.97. The monoisotopic (exact) mass is 312 g/mol. The van der Waals surface area contributed by atoms with Gasteiger partial charge in [0.2, 0.25) is 0 Å². The molecule has 0 aliphatic carbocycles. The van der Waals surface area contributed by atoms with Crippen LogP contribution < -0.4 is 0 Å². The molecule has 0 amide bonds. The molecule has 1 fully saturated rings. The molecule has 0 bridgehead atoms. The first-order valence-electron chi connectivity index (χ1n) is 7.33. The van der Waals surface area contributed by atoms with Gasteiger partial charge in [-0.15, -0.1) is 11.3 Å². The van der Waals surface area contributed by atoms with Gasteiger partial charge in [-0.1, -0.05) is 0 Å². The smallest absolute Gasteiger partial charge is 0.157 e. The average molecular weight is 312 g/mol. The lowest BCUT2D eigenvalue weighted by Crippen LogP contribution is -2.23. The summed E-state index contributed by atoms with van der Waals surface area (Å²) in [7, 11) is 0. The number of likely N-dealkylation sites (tertiary alicyclic amines) is 1. The van der Waals surface area contributed by atoms with E-state index in [9.17, 15) is 0 Å². The lowest BCUT2D eigenvalue weighted by atomic mass is 10.1. The lowest BCUT2D eigenvalue weighted by Gasteiger charge is -2.22. The molecule has 3 aromatic heterocycles. The molecule has 7 heteroatoms. The molecule has 0 unspecified atom stereocenters. The zero-order valence-electron chi connectivity index (χ0n) is 12.0. The predicted molar refractivity (Wildman–Crippen MR) is 84.1 cm³/mol. The van der Waals surface area contributed by atoms with Crippen LogP contribution >= 0.6 is 11.3 Å². The first-order chi connectivity index (χ1) is 10.9. The highest BCUT2D eigenvalue weighted by Crippen LogP contribution is 2.32. The molecule has 0 saturated carbocycles. The number of H-pyrrole nitrogens is 1. The van der Waals surface area contributed by atoms with Gasteiger partial charge in [-0.25, -0.2) is 15.0 Å². The van der Waals surface area contributed by atoms with Crippen molar-refractivity contribution in [1.29, 1.82) is 0 Å². The fourth-order valence-corrected chi connectivity index (χ4v) is 3.46. The molecule has 1 atom stereocenters. The normalized spacial score (nSPS) is 18.8. The van der Waals surface area contributed by atoms with E-state index in [0.717, 1.165) is 42.4 Å². The highest BCUT2D eigenvalue weighted by atomic mass is 32.1. The Kier molecular flexibility index (Phi) is 3.65. The van der Waals surface area contributed by atoms with Crippen LogP contribution in [0.25, 0.3) is 11.5 Å². The third-order valence-electron chi connectivity index (χ3n) is 3.97. The summed E-state index contributed by atoms with van der Waals surface area (Å²) in [6.07, 6.45) is 9.50. The van der Waals surface area contributed by atoms with Crippen LogP contribution in [0.2, 0.25) is 0 Å². The number of thiazole rings is 1. The Hall–Kier alpha value is -2.12. The molecule has 112 valence electrons. The summed E-state index contributed by atoms with van der Waals surface area (Å²) in [5.74, 6) is 0.754. The van der Waals surface area contributed by atoms with Gasteiger partial charge in [0, 0.05) is 24.3 Å². The maximum Gasteiger partial charge on any atom is 0.157 e. The Balaban J connectivity index is 1.53. The lowest BCUT2D eigenvalue weighted by molar-refractivity contribution is 0.241. The van der Waals surface area contributed by atoms with Gasteiger partial charge in [0.15, 0.2) is 5.82 Å². The number of hydrogen-bond donors (Lipinski definition) is 1. The van der Waals surface area contributed by atoms with Crippen LogP contribution in [0.5, 0.6) is 0 Å². The second-order valence-corrected chi connectivity index (χ2v) is 6.09. The Labute approximate surface area is 132 Å². The van der Waals surface area contributed by atoms with Gasteiger partial charge >= 0.3 is 0 Å². The van der Waals surface area contributed by atoms with Crippen molar-refractivity contribution < 1.29 is 0 Å². The van der Waals surface area contributed by atoms with Crippen LogP contribution in [0.15, 0.2) is 35.7 Å². The molecule has 1 N–H and O–H groups in total. The quantitative estimate of drug-likeness (QED) is 0.802. The highest BCUT2D eigenvalue weighted by molar-refractivity contribution is 7.07. The third-order valence-corrected chi connectivity index (χ3v) is 4.60. The zero-order valence-corrected chi connectivity index (χ0v) is 12.8. The molecule has 0 aromatic carbocycles. The first kappa shape index (κ1) is 13.5. The van der Waals surface area contributed by atoms with E-state index < -0.39 is 0 Å². The second-order valence-electron chi connectivity index (χ2n) is 5.37. The van der Waals surface area contributed by atoms with Crippen molar-refractivity contribution in [2.24, 2.45) is 0 Å². The molecule has 1 aliphatic heterocycles. The Morgan fingerprint density at radius 2 is 2.23 bits per heavy atom. The molecule has 6 nitrogen and oxygen atoms in total. The average Bonchev–Trinajstić information content (AvgIpc) is 3.31. The molecule has 3 aromatic rings. The maximum absolute atomic E-state index is 4.61. The molecule has 0 radical (unpaired) electrons. The van der Waals surface area contributed by atoms with Crippen molar-refractivity contribution >= 4 is 11.3 Å². The molecular weight excluding hydrogens is 296 g/mol. The number of rotatable bonds is 4. The van der Waals surface area contributed by atoms with Crippen LogP contribution in [-0.4, -0.2) is 36.4 Å². The minimum atomic E-state index is 0.333. The first-order valence-corrected chi connectivity index (χ1v) is 8.27. The number of nitrogens with one attached hydrogen (secondary N) is 1. The third kappa shape index (κ3) is 2.65. The standard InChI is InChI=1S/C15H16N6S/c1-2-14(21(5-1)8-11-9-22-10-20-11)12-6-19-13(7-18-12)15-16-3-4-17-15/h3-4,6-7,9-10,14H,1-2,5,8H2,(H,16,17)/t14-/m0/s1. The SMILES string of the molecule is c1c[nH]c(-c2cnc([C@@H]3CCCN3Cc3cscn3)cn2)n1. The number of hydrogen-bond acceptors (Lipinski definition) is 6. The van der Waals surface area contributed by atoms with Crippen molar-refractivity contribution in [2.45, 2.75) is 25.4 Å². The van der Waals surface area contributed by atoms with Crippen molar-refractivity contribution in [1.82, 2.24) is 29.8 Å². The van der Waals surface area contributed by atoms with Crippen LogP contribution in [0.3, 0.4) is 0 Å². The van der Waals surface area contributed by atoms with Gasteiger partial charge in [0.25, 0.3) is 0 Å². The van der Waals surface area contributed by atoms with Crippen molar-refractivity contribution in [3.63, 3.8) is 0 Å². The Bertz CT molecular complexity index is 707. The fourth-order valence-electron chi connectivity index (χ4n) is 2.91. The van der Waals surface area contributed by atoms with E-state index in [4.69, 9.17) is 0 Å². The van der Waals surface area contributed by atoms with E-state index >= 15 is 0 Å². The minimum Gasteiger partial charge on any atom is -0.343 e. The summed E-state index contributed by atoms with van der Waals surface area (Å²) < 4.78 is 0. The van der Waals surface area contributed by atoms with Crippen LogP contribution in [0, 0.1) is 0 Å². The van der Waals surface area contributed by atoms with E-state index in [1.165, 1.54) is 6.42 Å². The fraction of sp³-hybridized carbons (Fsp3) is 0.333. The van der Waals surface area contributed by atoms with E-state index in [-0.39, 0.29) is 0 Å². The van der Waals surface area contributed by atoms with Crippen molar-refractivity contribution in [3.05, 3.63) is 47.1 Å². The minimum absolute atomic E-state index is 0.333. The molecule has 22 heavy (non-hydrogen) atoms. The Morgan fingerprint density at radius 1 is 1.23 bits per heavy atom. The number of nitrogens with zero attached hydrogens (tertiary/aromatic N) is 5. The summed E-state index contributed by atoms with van der Waals surface area (Å²) in [4.78, 5) is 23.2. The maximum atomic E-state index is 4.61. The van der Waals surface area contributed by atoms with Gasteiger partial charge in [-0.05, 0) is 19.4 Å². The summed E-state index contributed by atoms with van der Waals surface area (Å²) in [6, 6.07) is 0.333. The van der Waals surface area contributed by atoms with Gasteiger partial charge in [-0.3, -0.25) is 9.88 Å². The van der Waals surface area contributed by atoms with E-state index in [1.807, 2.05) is 11.7 Å². The zero-order chi connectivity index (χ0) is 14.8. The van der Waals surface area contributed by atoms with Crippen LogP contribution in [0.4, 0.5) is 0 Å². The summed E-state index contributed by atoms with van der Waals surface area (Å²) >= 11 is 1.64. The number of aromatic nitrogens is 5. The summed E-state index contributed by atoms with van der Waals surface area (Å²) in [5, 5.41) is 2.11. The molecular formula is C15H16N6S. The largest absolute Gasteiger partial charge is 0.343 e. The molecule has 1 aliphatic rings. The molecule has 0 spiro atoms. The predicted octanol–water partition coefficient (Wildman–Crippen LogP) is 2.66. The van der Waals surface area contributed by atoms with Gasteiger partial charge in [0.05, 0.1) is 35.3 Å². The Morgan fingerprint density at radius 3 is 2.95 bits per heavy atom. The molecule has 4 rings (SSSR count). The van der Waals surface area contributed by atoms with Crippen molar-refractivity contribution in [3.8, 4) is 11.5 Å². The van der Waals surface area contributed by atoms with Gasteiger partial charge in [-0.2, -0.15) is 0 Å². The van der Waals surface area contributed by atoms with E-state index in [2.05, 4.69) is 35.2 Å². The van der Waals surface area contributed by atoms with Crippen molar-refractivity contribution in [2.75, 3.05) is 6.54 Å². The number of imidazole rings is 1. The van der Waals surface area contributed by atoms with Gasteiger partial charge in [0.1, 0.15) is 5.69 Å². The highest BCUT2D eigenvalue weighted by Gasteiger charge is 2.27. The van der Waals surface area contributed by atoms with E-state index in [1.54, 1.807) is 29.9 Å². The summed E-state index contributed by atoms with van der Waals surface area (Å²) in [5.41, 5.74) is 4.83. The number of aromatic amines is 1. The van der Waals surface area contributed by atoms with E-state index in [0.29, 0.717) is 6.04 Å². The van der Waals surface area contributed by atoms with Gasteiger partial charge < -0.3 is 4.98 Å². The molecule has 4 heterocycles. The topological polar surface area (TPSA) is 70.6 Å². The van der Waals surface area contributed by atoms with Crippen LogP contribution in [0.1, 0.15) is 30.3 Å². The second kappa shape index (κ2) is 5.94.